The van der Waals surface area contributed by atoms with Crippen molar-refractivity contribution in [3.8, 4) is 0 Å². The summed E-state index contributed by atoms with van der Waals surface area (Å²) in [6, 6.07) is 8.11. The molecule has 0 radical (unpaired) electrons. The molecule has 116 valence electrons. The van der Waals surface area contributed by atoms with Gasteiger partial charge in [-0.2, -0.15) is 0 Å². The number of carbonyl (C=O) groups excluding carboxylic acids is 1. The zero-order valence-electron chi connectivity index (χ0n) is 13.5. The average Bonchev–Trinajstić information content (AvgIpc) is 2.86. The van der Waals surface area contributed by atoms with Crippen LogP contribution in [-0.2, 0) is 0 Å². The Balaban J connectivity index is 1.91. The van der Waals surface area contributed by atoms with Crippen molar-refractivity contribution >= 4 is 11.6 Å². The summed E-state index contributed by atoms with van der Waals surface area (Å²) in [6.45, 7) is 7.61. The third-order valence-corrected chi connectivity index (χ3v) is 4.79. The first kappa shape index (κ1) is 15.9. The van der Waals surface area contributed by atoms with E-state index in [0.717, 1.165) is 36.6 Å². The molecule has 1 aliphatic carbocycles. The van der Waals surface area contributed by atoms with Crippen LogP contribution < -0.4 is 10.6 Å². The molecule has 1 fully saturated rings. The summed E-state index contributed by atoms with van der Waals surface area (Å²) in [5.41, 5.74) is 1.83. The molecule has 3 heteroatoms. The molecule has 2 rings (SSSR count). The van der Waals surface area contributed by atoms with Crippen molar-refractivity contribution in [2.45, 2.75) is 52.5 Å². The fourth-order valence-corrected chi connectivity index (χ4v) is 3.29. The maximum Gasteiger partial charge on any atom is 0.251 e. The lowest BCUT2D eigenvalue weighted by molar-refractivity contribution is 0.0926. The van der Waals surface area contributed by atoms with Gasteiger partial charge in [0.05, 0.1) is 0 Å². The molecule has 0 heterocycles. The smallest absolute Gasteiger partial charge is 0.251 e. The van der Waals surface area contributed by atoms with Crippen LogP contribution >= 0.6 is 0 Å². The van der Waals surface area contributed by atoms with Crippen molar-refractivity contribution in [2.24, 2.45) is 11.8 Å². The first-order valence-electron chi connectivity index (χ1n) is 8.30. The second kappa shape index (κ2) is 7.48. The van der Waals surface area contributed by atoms with E-state index in [1.165, 1.54) is 12.8 Å². The van der Waals surface area contributed by atoms with E-state index in [4.69, 9.17) is 0 Å². The predicted molar refractivity (Wildman–Crippen MR) is 88.7 cm³/mol. The summed E-state index contributed by atoms with van der Waals surface area (Å²) in [6.07, 6.45) is 4.66. The number of anilines is 1. The Hall–Kier alpha value is -1.51. The molecule has 3 atom stereocenters. The Morgan fingerprint density at radius 2 is 1.90 bits per heavy atom. The lowest BCUT2D eigenvalue weighted by atomic mass is 9.93. The van der Waals surface area contributed by atoms with E-state index in [2.05, 4.69) is 31.4 Å². The predicted octanol–water partition coefficient (Wildman–Crippen LogP) is 4.06. The van der Waals surface area contributed by atoms with Crippen molar-refractivity contribution < 1.29 is 4.79 Å². The molecule has 0 aliphatic heterocycles. The number of hydrogen-bond acceptors (Lipinski definition) is 2. The molecule has 1 aromatic carbocycles. The zero-order chi connectivity index (χ0) is 15.2. The maximum absolute atomic E-state index is 12.3. The van der Waals surface area contributed by atoms with Gasteiger partial charge in [0.15, 0.2) is 0 Å². The van der Waals surface area contributed by atoms with Gasteiger partial charge in [0, 0.05) is 23.8 Å². The zero-order valence-corrected chi connectivity index (χ0v) is 13.5. The summed E-state index contributed by atoms with van der Waals surface area (Å²) in [4.78, 5) is 12.3. The molecule has 1 aromatic rings. The molecule has 3 nitrogen and oxygen atoms in total. The topological polar surface area (TPSA) is 41.1 Å². The number of nitrogens with one attached hydrogen (secondary N) is 2. The highest BCUT2D eigenvalue weighted by atomic mass is 16.1. The standard InChI is InChI=1S/C18H28N2O/c1-4-12-19-16-9-6-15(7-10-16)18(21)20-17-11-8-14(5-2)13(17)3/h6-7,9-10,13-14,17,19H,4-5,8,11-12H2,1-3H3,(H,20,21). The van der Waals surface area contributed by atoms with Gasteiger partial charge < -0.3 is 10.6 Å². The first-order chi connectivity index (χ1) is 10.2. The Morgan fingerprint density at radius 3 is 2.48 bits per heavy atom. The van der Waals surface area contributed by atoms with Gasteiger partial charge in [-0.3, -0.25) is 4.79 Å². The van der Waals surface area contributed by atoms with E-state index >= 15 is 0 Å². The highest BCUT2D eigenvalue weighted by Gasteiger charge is 2.32. The van der Waals surface area contributed by atoms with Crippen molar-refractivity contribution in [1.29, 1.82) is 0 Å². The summed E-state index contributed by atoms with van der Waals surface area (Å²) in [5.74, 6) is 1.41. The maximum atomic E-state index is 12.3. The molecule has 21 heavy (non-hydrogen) atoms. The van der Waals surface area contributed by atoms with Crippen molar-refractivity contribution in [3.63, 3.8) is 0 Å². The molecular formula is C18H28N2O. The van der Waals surface area contributed by atoms with Crippen molar-refractivity contribution in [2.75, 3.05) is 11.9 Å². The monoisotopic (exact) mass is 288 g/mol. The third kappa shape index (κ3) is 3.99. The van der Waals surface area contributed by atoms with Crippen molar-refractivity contribution in [1.82, 2.24) is 5.32 Å². The summed E-state index contributed by atoms with van der Waals surface area (Å²) in [7, 11) is 0. The number of rotatable bonds is 6. The van der Waals surface area contributed by atoms with Crippen LogP contribution in [0.15, 0.2) is 24.3 Å². The van der Waals surface area contributed by atoms with Gasteiger partial charge in [-0.05, 0) is 55.4 Å². The molecule has 0 spiro atoms. The first-order valence-corrected chi connectivity index (χ1v) is 8.30. The lowest BCUT2D eigenvalue weighted by Gasteiger charge is -2.21. The van der Waals surface area contributed by atoms with Gasteiger partial charge >= 0.3 is 0 Å². The van der Waals surface area contributed by atoms with Crippen LogP contribution in [-0.4, -0.2) is 18.5 Å². The van der Waals surface area contributed by atoms with Gasteiger partial charge in [0.1, 0.15) is 0 Å². The van der Waals surface area contributed by atoms with Crippen LogP contribution in [0.5, 0.6) is 0 Å². The van der Waals surface area contributed by atoms with Crippen LogP contribution in [0.1, 0.15) is 56.8 Å². The van der Waals surface area contributed by atoms with Crippen LogP contribution in [0.2, 0.25) is 0 Å². The molecule has 1 amide bonds. The normalized spacial score (nSPS) is 24.8. The van der Waals surface area contributed by atoms with Crippen LogP contribution in [0.25, 0.3) is 0 Å². The number of hydrogen-bond donors (Lipinski definition) is 2. The Bertz CT molecular complexity index is 455. The van der Waals surface area contributed by atoms with Crippen LogP contribution in [0.4, 0.5) is 5.69 Å². The highest BCUT2D eigenvalue weighted by molar-refractivity contribution is 5.94. The fraction of sp³-hybridized carbons (Fsp3) is 0.611. The quantitative estimate of drug-likeness (QED) is 0.828. The Labute approximate surface area is 128 Å². The fourth-order valence-electron chi connectivity index (χ4n) is 3.29. The molecule has 0 aromatic heterocycles. The van der Waals surface area contributed by atoms with Gasteiger partial charge in [0.25, 0.3) is 5.91 Å². The van der Waals surface area contributed by atoms with Gasteiger partial charge in [0.2, 0.25) is 0 Å². The van der Waals surface area contributed by atoms with E-state index in [1.54, 1.807) is 0 Å². The summed E-state index contributed by atoms with van der Waals surface area (Å²) >= 11 is 0. The lowest BCUT2D eigenvalue weighted by Crippen LogP contribution is -2.37. The van der Waals surface area contributed by atoms with E-state index in [1.807, 2.05) is 24.3 Å². The second-order valence-electron chi connectivity index (χ2n) is 6.19. The molecule has 1 saturated carbocycles. The SMILES string of the molecule is CCCNc1ccc(C(=O)NC2CCC(CC)C2C)cc1. The molecule has 3 unspecified atom stereocenters. The number of carbonyl (C=O) groups is 1. The number of amides is 1. The summed E-state index contributed by atoms with van der Waals surface area (Å²) in [5, 5.41) is 6.53. The molecule has 0 saturated heterocycles. The molecular weight excluding hydrogens is 260 g/mol. The van der Waals surface area contributed by atoms with Crippen LogP contribution in [0.3, 0.4) is 0 Å². The molecule has 2 N–H and O–H groups in total. The van der Waals surface area contributed by atoms with E-state index < -0.39 is 0 Å². The largest absolute Gasteiger partial charge is 0.385 e. The minimum Gasteiger partial charge on any atom is -0.385 e. The second-order valence-corrected chi connectivity index (χ2v) is 6.19. The third-order valence-electron chi connectivity index (χ3n) is 4.79. The minimum absolute atomic E-state index is 0.0608. The van der Waals surface area contributed by atoms with E-state index in [0.29, 0.717) is 12.0 Å². The van der Waals surface area contributed by atoms with Crippen molar-refractivity contribution in [3.05, 3.63) is 29.8 Å². The Morgan fingerprint density at radius 1 is 1.19 bits per heavy atom. The minimum atomic E-state index is 0.0608. The van der Waals surface area contributed by atoms with Gasteiger partial charge in [-0.1, -0.05) is 27.2 Å². The van der Waals surface area contributed by atoms with Crippen LogP contribution in [0, 0.1) is 11.8 Å². The Kier molecular flexibility index (Phi) is 5.66. The van der Waals surface area contributed by atoms with E-state index in [9.17, 15) is 4.79 Å². The highest BCUT2D eigenvalue weighted by Crippen LogP contribution is 2.33. The summed E-state index contributed by atoms with van der Waals surface area (Å²) < 4.78 is 0. The molecule has 1 aliphatic rings. The average molecular weight is 288 g/mol. The number of benzene rings is 1. The molecule has 0 bridgehead atoms. The van der Waals surface area contributed by atoms with Gasteiger partial charge in [-0.15, -0.1) is 0 Å². The van der Waals surface area contributed by atoms with E-state index in [-0.39, 0.29) is 5.91 Å². The van der Waals surface area contributed by atoms with Gasteiger partial charge in [-0.25, -0.2) is 0 Å².